The summed E-state index contributed by atoms with van der Waals surface area (Å²) in [5.74, 6) is 0.453. The number of imidazole rings is 1. The number of nitrogens with one attached hydrogen (secondary N) is 1. The zero-order valence-electron chi connectivity index (χ0n) is 13.6. The number of aryl methyl sites for hydroxylation is 2. The number of carbonyl (C=O) groups is 1. The van der Waals surface area contributed by atoms with Gasteiger partial charge < -0.3 is 14.6 Å². The van der Waals surface area contributed by atoms with E-state index in [-0.39, 0.29) is 5.91 Å². The molecule has 1 aliphatic heterocycles. The van der Waals surface area contributed by atoms with E-state index in [0.29, 0.717) is 29.2 Å². The SMILES string of the molecule is O=C(NCCCn1cnc2ccccc21)c1nn2c(c1Br)OCCC2. The Hall–Kier alpha value is -2.35. The van der Waals surface area contributed by atoms with Crippen LogP contribution in [0.1, 0.15) is 23.3 Å². The highest BCUT2D eigenvalue weighted by atomic mass is 79.9. The van der Waals surface area contributed by atoms with E-state index in [9.17, 15) is 4.79 Å². The van der Waals surface area contributed by atoms with Crippen LogP contribution in [0.15, 0.2) is 35.1 Å². The number of amides is 1. The zero-order valence-corrected chi connectivity index (χ0v) is 15.2. The van der Waals surface area contributed by atoms with Crippen LogP contribution in [0.2, 0.25) is 0 Å². The normalized spacial score (nSPS) is 13.5. The van der Waals surface area contributed by atoms with Crippen LogP contribution in [0.25, 0.3) is 11.0 Å². The average Bonchev–Trinajstić information content (AvgIpc) is 3.20. The Balaban J connectivity index is 1.34. The highest BCUT2D eigenvalue weighted by molar-refractivity contribution is 9.10. The van der Waals surface area contributed by atoms with E-state index < -0.39 is 0 Å². The van der Waals surface area contributed by atoms with Crippen molar-refractivity contribution in [2.75, 3.05) is 13.2 Å². The summed E-state index contributed by atoms with van der Waals surface area (Å²) in [6, 6.07) is 8.02. The Morgan fingerprint density at radius 1 is 1.36 bits per heavy atom. The Bertz CT molecular complexity index is 917. The van der Waals surface area contributed by atoms with Crippen LogP contribution in [0, 0.1) is 0 Å². The summed E-state index contributed by atoms with van der Waals surface area (Å²) in [5, 5.41) is 7.26. The van der Waals surface area contributed by atoms with E-state index in [1.54, 1.807) is 4.68 Å². The number of rotatable bonds is 5. The first-order valence-corrected chi connectivity index (χ1v) is 9.10. The Kier molecular flexibility index (Phi) is 4.44. The first-order valence-electron chi connectivity index (χ1n) is 8.31. The monoisotopic (exact) mass is 403 g/mol. The first-order chi connectivity index (χ1) is 12.2. The van der Waals surface area contributed by atoms with Crippen molar-refractivity contribution in [1.82, 2.24) is 24.6 Å². The molecule has 25 heavy (non-hydrogen) atoms. The Morgan fingerprint density at radius 2 is 2.24 bits per heavy atom. The van der Waals surface area contributed by atoms with Crippen molar-refractivity contribution in [3.63, 3.8) is 0 Å². The molecule has 3 aromatic rings. The van der Waals surface area contributed by atoms with Crippen molar-refractivity contribution >= 4 is 32.9 Å². The number of carbonyl (C=O) groups excluding carboxylic acids is 1. The van der Waals surface area contributed by atoms with Crippen LogP contribution in [0.3, 0.4) is 0 Å². The molecule has 0 spiro atoms. The molecule has 1 amide bonds. The van der Waals surface area contributed by atoms with Gasteiger partial charge in [0.25, 0.3) is 5.91 Å². The van der Waals surface area contributed by atoms with Gasteiger partial charge in [-0.3, -0.25) is 4.79 Å². The van der Waals surface area contributed by atoms with Gasteiger partial charge in [-0.05, 0) is 34.5 Å². The number of halogens is 1. The van der Waals surface area contributed by atoms with Gasteiger partial charge in [0.05, 0.1) is 24.0 Å². The van der Waals surface area contributed by atoms with Crippen molar-refractivity contribution in [2.24, 2.45) is 0 Å². The maximum atomic E-state index is 12.4. The predicted octanol–water partition coefficient (Wildman–Crippen LogP) is 2.60. The van der Waals surface area contributed by atoms with Crippen LogP contribution in [0.5, 0.6) is 5.88 Å². The predicted molar refractivity (Wildman–Crippen MR) is 96.7 cm³/mol. The third-order valence-corrected chi connectivity index (χ3v) is 4.92. The summed E-state index contributed by atoms with van der Waals surface area (Å²) in [6.07, 6.45) is 3.55. The van der Waals surface area contributed by atoms with E-state index in [4.69, 9.17) is 4.74 Å². The number of benzene rings is 1. The van der Waals surface area contributed by atoms with Gasteiger partial charge in [-0.1, -0.05) is 12.1 Å². The lowest BCUT2D eigenvalue weighted by Gasteiger charge is -2.14. The minimum absolute atomic E-state index is 0.187. The van der Waals surface area contributed by atoms with Gasteiger partial charge in [-0.2, -0.15) is 5.10 Å². The quantitative estimate of drug-likeness (QED) is 0.664. The van der Waals surface area contributed by atoms with Crippen molar-refractivity contribution in [2.45, 2.75) is 25.9 Å². The number of hydrogen-bond donors (Lipinski definition) is 1. The molecule has 1 aliphatic rings. The van der Waals surface area contributed by atoms with Crippen LogP contribution < -0.4 is 10.1 Å². The molecule has 8 heteroatoms. The second kappa shape index (κ2) is 6.87. The molecule has 0 atom stereocenters. The molecule has 2 aromatic heterocycles. The fraction of sp³-hybridized carbons (Fsp3) is 0.353. The molecule has 4 rings (SSSR count). The minimum atomic E-state index is -0.187. The first kappa shape index (κ1) is 16.1. The molecule has 3 heterocycles. The third-order valence-electron chi connectivity index (χ3n) is 4.21. The number of fused-ring (bicyclic) bond motifs is 2. The Morgan fingerprint density at radius 3 is 3.12 bits per heavy atom. The molecule has 0 saturated heterocycles. The zero-order chi connectivity index (χ0) is 17.2. The molecule has 0 radical (unpaired) electrons. The molecule has 0 fully saturated rings. The third kappa shape index (κ3) is 3.13. The van der Waals surface area contributed by atoms with E-state index in [2.05, 4.69) is 35.9 Å². The highest BCUT2D eigenvalue weighted by Gasteiger charge is 2.24. The summed E-state index contributed by atoms with van der Waals surface area (Å²) in [5.41, 5.74) is 2.47. The van der Waals surface area contributed by atoms with E-state index >= 15 is 0 Å². The largest absolute Gasteiger partial charge is 0.477 e. The van der Waals surface area contributed by atoms with Crippen molar-refractivity contribution in [3.05, 3.63) is 40.8 Å². The Labute approximate surface area is 153 Å². The number of nitrogens with zero attached hydrogens (tertiary/aromatic N) is 4. The van der Waals surface area contributed by atoms with Crippen molar-refractivity contribution < 1.29 is 9.53 Å². The molecule has 1 aromatic carbocycles. The molecule has 0 saturated carbocycles. The molecule has 1 N–H and O–H groups in total. The topological polar surface area (TPSA) is 74.0 Å². The standard InChI is InChI=1S/C17H18BrN5O2/c18-14-15(21-23-9-4-10-25-17(14)23)16(24)19-7-3-8-22-11-20-12-5-1-2-6-13(12)22/h1-2,5-6,11H,3-4,7-10H2,(H,19,24). The molecule has 0 unspecified atom stereocenters. The summed E-state index contributed by atoms with van der Waals surface area (Å²) in [6.45, 7) is 2.80. The number of aromatic nitrogens is 4. The highest BCUT2D eigenvalue weighted by Crippen LogP contribution is 2.31. The lowest BCUT2D eigenvalue weighted by molar-refractivity contribution is 0.0946. The maximum absolute atomic E-state index is 12.4. The van der Waals surface area contributed by atoms with Gasteiger partial charge in [0.2, 0.25) is 5.88 Å². The number of para-hydroxylation sites is 2. The van der Waals surface area contributed by atoms with Crippen LogP contribution in [-0.2, 0) is 13.1 Å². The molecular weight excluding hydrogens is 386 g/mol. The fourth-order valence-electron chi connectivity index (χ4n) is 2.97. The number of ether oxygens (including phenoxy) is 1. The summed E-state index contributed by atoms with van der Waals surface area (Å²) in [4.78, 5) is 16.7. The van der Waals surface area contributed by atoms with Gasteiger partial charge in [0, 0.05) is 26.1 Å². The lowest BCUT2D eigenvalue weighted by Crippen LogP contribution is -2.26. The molecule has 7 nitrogen and oxygen atoms in total. The van der Waals surface area contributed by atoms with E-state index in [0.717, 1.165) is 37.0 Å². The maximum Gasteiger partial charge on any atom is 0.273 e. The molecule has 130 valence electrons. The average molecular weight is 404 g/mol. The van der Waals surface area contributed by atoms with Crippen molar-refractivity contribution in [3.8, 4) is 5.88 Å². The second-order valence-corrected chi connectivity index (χ2v) is 6.72. The molecule has 0 aliphatic carbocycles. The minimum Gasteiger partial charge on any atom is -0.477 e. The lowest BCUT2D eigenvalue weighted by atomic mass is 10.3. The summed E-state index contributed by atoms with van der Waals surface area (Å²) in [7, 11) is 0. The summed E-state index contributed by atoms with van der Waals surface area (Å²) < 4.78 is 10.0. The van der Waals surface area contributed by atoms with Crippen LogP contribution in [-0.4, -0.2) is 38.4 Å². The van der Waals surface area contributed by atoms with Crippen LogP contribution in [0.4, 0.5) is 0 Å². The van der Waals surface area contributed by atoms with E-state index in [1.165, 1.54) is 0 Å². The second-order valence-electron chi connectivity index (χ2n) is 5.93. The van der Waals surface area contributed by atoms with Gasteiger partial charge in [-0.25, -0.2) is 9.67 Å². The molecule has 0 bridgehead atoms. The van der Waals surface area contributed by atoms with Gasteiger partial charge in [-0.15, -0.1) is 0 Å². The molecular formula is C17H18BrN5O2. The van der Waals surface area contributed by atoms with Gasteiger partial charge in [0.15, 0.2) is 5.69 Å². The summed E-state index contributed by atoms with van der Waals surface area (Å²) >= 11 is 3.42. The van der Waals surface area contributed by atoms with Gasteiger partial charge >= 0.3 is 0 Å². The smallest absolute Gasteiger partial charge is 0.273 e. The van der Waals surface area contributed by atoms with Gasteiger partial charge in [0.1, 0.15) is 4.47 Å². The van der Waals surface area contributed by atoms with Crippen molar-refractivity contribution in [1.29, 1.82) is 0 Å². The van der Waals surface area contributed by atoms with E-state index in [1.807, 2.05) is 30.6 Å². The fourth-order valence-corrected chi connectivity index (χ4v) is 3.54. The van der Waals surface area contributed by atoms with Crippen LogP contribution >= 0.6 is 15.9 Å². The number of hydrogen-bond acceptors (Lipinski definition) is 4.